The van der Waals surface area contributed by atoms with Crippen LogP contribution in [-0.4, -0.2) is 35.4 Å². The standard InChI is InChI=1S/C16H19N3O2/c1-11-4-6-12(7-5-11)14-9-15(19-18-14)16(20)17-10-13-3-2-8-21-13/h4-7,9,13H,2-3,8,10H2,1H3,(H,17,20)(H,18,19). The van der Waals surface area contributed by atoms with Crippen LogP contribution < -0.4 is 5.32 Å². The fourth-order valence-corrected chi connectivity index (χ4v) is 2.42. The first-order valence-corrected chi connectivity index (χ1v) is 7.24. The lowest BCUT2D eigenvalue weighted by Crippen LogP contribution is -2.31. The van der Waals surface area contributed by atoms with Crippen molar-refractivity contribution in [3.05, 3.63) is 41.6 Å². The molecule has 0 saturated carbocycles. The predicted molar refractivity (Wildman–Crippen MR) is 80.1 cm³/mol. The molecule has 5 nitrogen and oxygen atoms in total. The highest BCUT2D eigenvalue weighted by atomic mass is 16.5. The Morgan fingerprint density at radius 3 is 2.95 bits per heavy atom. The molecule has 1 aromatic heterocycles. The van der Waals surface area contributed by atoms with E-state index >= 15 is 0 Å². The molecule has 1 fully saturated rings. The molecular weight excluding hydrogens is 266 g/mol. The largest absolute Gasteiger partial charge is 0.376 e. The van der Waals surface area contributed by atoms with Gasteiger partial charge in [-0.2, -0.15) is 5.10 Å². The van der Waals surface area contributed by atoms with E-state index in [9.17, 15) is 4.79 Å². The van der Waals surface area contributed by atoms with Gasteiger partial charge in [0.2, 0.25) is 0 Å². The Balaban J connectivity index is 1.63. The van der Waals surface area contributed by atoms with E-state index in [1.807, 2.05) is 31.2 Å². The number of benzene rings is 1. The fraction of sp³-hybridized carbons (Fsp3) is 0.375. The molecule has 1 amide bonds. The van der Waals surface area contributed by atoms with Crippen LogP contribution in [0.5, 0.6) is 0 Å². The van der Waals surface area contributed by atoms with Crippen LogP contribution in [0.1, 0.15) is 28.9 Å². The third-order valence-corrected chi connectivity index (χ3v) is 3.68. The first-order valence-electron chi connectivity index (χ1n) is 7.24. The van der Waals surface area contributed by atoms with E-state index in [1.165, 1.54) is 5.56 Å². The molecule has 110 valence electrons. The molecule has 0 bridgehead atoms. The number of amides is 1. The number of nitrogens with zero attached hydrogens (tertiary/aromatic N) is 1. The van der Waals surface area contributed by atoms with Gasteiger partial charge in [0.15, 0.2) is 0 Å². The van der Waals surface area contributed by atoms with Crippen LogP contribution >= 0.6 is 0 Å². The Morgan fingerprint density at radius 1 is 1.43 bits per heavy atom. The van der Waals surface area contributed by atoms with Crippen LogP contribution in [0.2, 0.25) is 0 Å². The summed E-state index contributed by atoms with van der Waals surface area (Å²) in [6.07, 6.45) is 2.23. The zero-order valence-electron chi connectivity index (χ0n) is 12.1. The Morgan fingerprint density at radius 2 is 2.24 bits per heavy atom. The van der Waals surface area contributed by atoms with Crippen molar-refractivity contribution in [2.45, 2.75) is 25.9 Å². The summed E-state index contributed by atoms with van der Waals surface area (Å²) < 4.78 is 5.48. The molecule has 1 unspecified atom stereocenters. The third-order valence-electron chi connectivity index (χ3n) is 3.68. The van der Waals surface area contributed by atoms with Gasteiger partial charge >= 0.3 is 0 Å². The van der Waals surface area contributed by atoms with E-state index in [1.54, 1.807) is 6.07 Å². The van der Waals surface area contributed by atoms with Crippen LogP contribution in [0.15, 0.2) is 30.3 Å². The highest BCUT2D eigenvalue weighted by molar-refractivity contribution is 5.93. The van der Waals surface area contributed by atoms with Crippen LogP contribution in [0.3, 0.4) is 0 Å². The second-order valence-electron chi connectivity index (χ2n) is 5.38. The number of carbonyl (C=O) groups excluding carboxylic acids is 1. The number of hydrogen-bond acceptors (Lipinski definition) is 3. The number of aryl methyl sites for hydroxylation is 1. The molecular formula is C16H19N3O2. The monoisotopic (exact) mass is 285 g/mol. The smallest absolute Gasteiger partial charge is 0.269 e. The molecule has 1 aromatic carbocycles. The Labute approximate surface area is 123 Å². The molecule has 0 aliphatic carbocycles. The van der Waals surface area contributed by atoms with Crippen molar-refractivity contribution in [1.29, 1.82) is 0 Å². The summed E-state index contributed by atoms with van der Waals surface area (Å²) in [6.45, 7) is 3.39. The highest BCUT2D eigenvalue weighted by Crippen LogP contribution is 2.18. The minimum atomic E-state index is -0.142. The molecule has 1 aliphatic heterocycles. The molecule has 3 rings (SSSR count). The SMILES string of the molecule is Cc1ccc(-c2cc(C(=O)NCC3CCCO3)[nH]n2)cc1. The normalized spacial score (nSPS) is 17.9. The van der Waals surface area contributed by atoms with Crippen LogP contribution in [0.4, 0.5) is 0 Å². The zero-order chi connectivity index (χ0) is 14.7. The number of rotatable bonds is 4. The molecule has 1 aliphatic rings. The second-order valence-corrected chi connectivity index (χ2v) is 5.38. The van der Waals surface area contributed by atoms with E-state index in [0.717, 1.165) is 30.7 Å². The first kappa shape index (κ1) is 13.8. The number of aromatic nitrogens is 2. The van der Waals surface area contributed by atoms with Gasteiger partial charge in [-0.25, -0.2) is 0 Å². The van der Waals surface area contributed by atoms with E-state index in [0.29, 0.717) is 12.2 Å². The van der Waals surface area contributed by atoms with Crippen molar-refractivity contribution in [3.63, 3.8) is 0 Å². The Hall–Kier alpha value is -2.14. The van der Waals surface area contributed by atoms with Crippen molar-refractivity contribution in [3.8, 4) is 11.3 Å². The lowest BCUT2D eigenvalue weighted by atomic mass is 10.1. The van der Waals surface area contributed by atoms with Crippen LogP contribution in [0, 0.1) is 6.92 Å². The third kappa shape index (κ3) is 3.31. The van der Waals surface area contributed by atoms with Crippen LogP contribution in [0.25, 0.3) is 11.3 Å². The summed E-state index contributed by atoms with van der Waals surface area (Å²) in [7, 11) is 0. The highest BCUT2D eigenvalue weighted by Gasteiger charge is 2.17. The summed E-state index contributed by atoms with van der Waals surface area (Å²) in [5.74, 6) is -0.142. The predicted octanol–water partition coefficient (Wildman–Crippen LogP) is 2.29. The molecule has 5 heteroatoms. The number of H-pyrrole nitrogens is 1. The van der Waals surface area contributed by atoms with Gasteiger partial charge in [-0.05, 0) is 25.8 Å². The summed E-state index contributed by atoms with van der Waals surface area (Å²) in [5.41, 5.74) is 3.44. The molecule has 2 heterocycles. The summed E-state index contributed by atoms with van der Waals surface area (Å²) in [5, 5.41) is 9.87. The number of ether oxygens (including phenoxy) is 1. The van der Waals surface area contributed by atoms with Gasteiger partial charge in [0.05, 0.1) is 11.8 Å². The zero-order valence-corrected chi connectivity index (χ0v) is 12.1. The lowest BCUT2D eigenvalue weighted by molar-refractivity contribution is 0.0853. The first-order chi connectivity index (χ1) is 10.2. The molecule has 1 saturated heterocycles. The average Bonchev–Trinajstić information content (AvgIpc) is 3.17. The van der Waals surface area contributed by atoms with Gasteiger partial charge in [-0.3, -0.25) is 9.89 Å². The molecule has 0 spiro atoms. The minimum absolute atomic E-state index is 0.142. The van der Waals surface area contributed by atoms with Gasteiger partial charge in [0, 0.05) is 18.7 Å². The van der Waals surface area contributed by atoms with E-state index in [4.69, 9.17) is 4.74 Å². The van der Waals surface area contributed by atoms with Gasteiger partial charge in [-0.15, -0.1) is 0 Å². The van der Waals surface area contributed by atoms with E-state index < -0.39 is 0 Å². The number of hydrogen-bond donors (Lipinski definition) is 2. The fourth-order valence-electron chi connectivity index (χ4n) is 2.42. The minimum Gasteiger partial charge on any atom is -0.376 e. The van der Waals surface area contributed by atoms with Crippen molar-refractivity contribution in [2.24, 2.45) is 0 Å². The Bertz CT molecular complexity index is 613. The molecule has 2 aromatic rings. The number of carbonyl (C=O) groups is 1. The molecule has 2 N–H and O–H groups in total. The second kappa shape index (κ2) is 6.10. The van der Waals surface area contributed by atoms with E-state index in [2.05, 4.69) is 15.5 Å². The van der Waals surface area contributed by atoms with Crippen LogP contribution in [-0.2, 0) is 4.74 Å². The van der Waals surface area contributed by atoms with Crippen molar-refractivity contribution in [2.75, 3.05) is 13.2 Å². The molecule has 21 heavy (non-hydrogen) atoms. The number of aromatic amines is 1. The summed E-state index contributed by atoms with van der Waals surface area (Å²) in [6, 6.07) is 9.83. The van der Waals surface area contributed by atoms with Crippen molar-refractivity contribution in [1.82, 2.24) is 15.5 Å². The maximum absolute atomic E-state index is 12.1. The average molecular weight is 285 g/mol. The maximum Gasteiger partial charge on any atom is 0.269 e. The van der Waals surface area contributed by atoms with Gasteiger partial charge in [0.25, 0.3) is 5.91 Å². The molecule has 1 atom stereocenters. The van der Waals surface area contributed by atoms with Gasteiger partial charge in [-0.1, -0.05) is 29.8 Å². The van der Waals surface area contributed by atoms with Crippen molar-refractivity contribution < 1.29 is 9.53 Å². The number of nitrogens with one attached hydrogen (secondary N) is 2. The summed E-state index contributed by atoms with van der Waals surface area (Å²) in [4.78, 5) is 12.1. The quantitative estimate of drug-likeness (QED) is 0.905. The van der Waals surface area contributed by atoms with Crippen molar-refractivity contribution >= 4 is 5.91 Å². The maximum atomic E-state index is 12.1. The van der Waals surface area contributed by atoms with Gasteiger partial charge < -0.3 is 10.1 Å². The topological polar surface area (TPSA) is 67.0 Å². The lowest BCUT2D eigenvalue weighted by Gasteiger charge is -2.09. The summed E-state index contributed by atoms with van der Waals surface area (Å²) >= 11 is 0. The van der Waals surface area contributed by atoms with E-state index in [-0.39, 0.29) is 12.0 Å². The molecule has 0 radical (unpaired) electrons. The Kier molecular flexibility index (Phi) is 4.01. The van der Waals surface area contributed by atoms with Gasteiger partial charge in [0.1, 0.15) is 5.69 Å².